The van der Waals surface area contributed by atoms with Crippen LogP contribution in [0, 0.1) is 6.92 Å². The van der Waals surface area contributed by atoms with E-state index in [9.17, 15) is 18.0 Å². The van der Waals surface area contributed by atoms with Crippen LogP contribution in [0.5, 0.6) is 0 Å². The molecular formula is C26H28N4O4S. The molecule has 35 heavy (non-hydrogen) atoms. The Bertz CT molecular complexity index is 1500. The molecule has 0 bridgehead atoms. The number of H-pyrrole nitrogens is 1. The van der Waals surface area contributed by atoms with E-state index in [1.165, 1.54) is 16.6 Å². The number of primary amides is 1. The van der Waals surface area contributed by atoms with Gasteiger partial charge in [0, 0.05) is 29.9 Å². The summed E-state index contributed by atoms with van der Waals surface area (Å²) in [6.45, 7) is 4.45. The molecular weight excluding hydrogens is 464 g/mol. The zero-order chi connectivity index (χ0) is 25.3. The summed E-state index contributed by atoms with van der Waals surface area (Å²) in [5.74, 6) is -0.729. The molecule has 0 saturated carbocycles. The number of sulfonamides is 1. The third-order valence-corrected chi connectivity index (χ3v) is 7.42. The molecule has 182 valence electrons. The topological polar surface area (TPSA) is 125 Å². The number of carbonyl (C=O) groups excluding carboxylic acids is 2. The van der Waals surface area contributed by atoms with Gasteiger partial charge in [-0.1, -0.05) is 24.3 Å². The molecule has 1 aliphatic heterocycles. The number of amides is 2. The molecule has 0 atom stereocenters. The minimum atomic E-state index is -3.25. The molecule has 9 heteroatoms. The first-order chi connectivity index (χ1) is 16.6. The fourth-order valence-electron chi connectivity index (χ4n) is 4.41. The maximum Gasteiger partial charge on any atom is 0.250 e. The average molecular weight is 493 g/mol. The summed E-state index contributed by atoms with van der Waals surface area (Å²) >= 11 is 0. The van der Waals surface area contributed by atoms with Crippen LogP contribution in [-0.4, -0.2) is 48.9 Å². The van der Waals surface area contributed by atoms with Crippen LogP contribution < -0.4 is 11.1 Å². The summed E-state index contributed by atoms with van der Waals surface area (Å²) < 4.78 is 25.1. The van der Waals surface area contributed by atoms with Crippen LogP contribution in [0.3, 0.4) is 0 Å². The van der Waals surface area contributed by atoms with Crippen LogP contribution in [-0.2, 0) is 14.8 Å². The normalized spacial score (nSPS) is 14.9. The lowest BCUT2D eigenvalue weighted by molar-refractivity contribution is -0.111. The zero-order valence-electron chi connectivity index (χ0n) is 19.9. The Morgan fingerprint density at radius 3 is 2.49 bits per heavy atom. The van der Waals surface area contributed by atoms with E-state index < -0.39 is 15.9 Å². The maximum absolute atomic E-state index is 12.1. The minimum Gasteiger partial charge on any atom is -0.366 e. The van der Waals surface area contributed by atoms with Crippen molar-refractivity contribution in [1.82, 2.24) is 9.29 Å². The largest absolute Gasteiger partial charge is 0.366 e. The summed E-state index contributed by atoms with van der Waals surface area (Å²) in [4.78, 5) is 27.4. The highest BCUT2D eigenvalue weighted by atomic mass is 32.2. The molecule has 1 aromatic heterocycles. The highest BCUT2D eigenvalue weighted by Gasteiger charge is 2.22. The fraction of sp³-hybridized carbons (Fsp3) is 0.231. The van der Waals surface area contributed by atoms with Crippen LogP contribution in [0.2, 0.25) is 0 Å². The van der Waals surface area contributed by atoms with Crippen molar-refractivity contribution in [3.63, 3.8) is 0 Å². The van der Waals surface area contributed by atoms with Gasteiger partial charge in [-0.15, -0.1) is 0 Å². The standard InChI is InChI=1S/C26H28N4O4S/c1-4-5-24(31)28-18-6-7-19(16(2)14-18)20-8-9-21(26(27)32)25-22(20)15-23(29-25)17-10-12-30(13-11-17)35(3,33)34/h4-10,14-15,29H,11-13H2,1-3H3,(H2,27,32)(H,28,31). The lowest BCUT2D eigenvalue weighted by Crippen LogP contribution is -2.33. The summed E-state index contributed by atoms with van der Waals surface area (Å²) in [6, 6.07) is 11.3. The molecule has 0 unspecified atom stereocenters. The van der Waals surface area contributed by atoms with Crippen molar-refractivity contribution < 1.29 is 18.0 Å². The van der Waals surface area contributed by atoms with Gasteiger partial charge in [-0.25, -0.2) is 8.42 Å². The van der Waals surface area contributed by atoms with Gasteiger partial charge >= 0.3 is 0 Å². The first-order valence-corrected chi connectivity index (χ1v) is 13.1. The quantitative estimate of drug-likeness (QED) is 0.453. The summed E-state index contributed by atoms with van der Waals surface area (Å²) in [5, 5.41) is 3.68. The van der Waals surface area contributed by atoms with Crippen molar-refractivity contribution >= 4 is 44.0 Å². The summed E-state index contributed by atoms with van der Waals surface area (Å²) in [7, 11) is -3.25. The summed E-state index contributed by atoms with van der Waals surface area (Å²) in [6.07, 6.45) is 6.80. The van der Waals surface area contributed by atoms with Crippen molar-refractivity contribution in [3.05, 3.63) is 71.4 Å². The first kappa shape index (κ1) is 24.4. The zero-order valence-corrected chi connectivity index (χ0v) is 20.7. The summed E-state index contributed by atoms with van der Waals surface area (Å²) in [5.41, 5.74) is 12.0. The predicted molar refractivity (Wildman–Crippen MR) is 139 cm³/mol. The average Bonchev–Trinajstić information content (AvgIpc) is 3.24. The molecule has 0 fully saturated rings. The Kier molecular flexibility index (Phi) is 6.64. The van der Waals surface area contributed by atoms with Gasteiger partial charge in [-0.05, 0) is 72.9 Å². The molecule has 4 N–H and O–H groups in total. The smallest absolute Gasteiger partial charge is 0.250 e. The second-order valence-corrected chi connectivity index (χ2v) is 10.6. The van der Waals surface area contributed by atoms with Gasteiger partial charge in [-0.3, -0.25) is 9.59 Å². The van der Waals surface area contributed by atoms with E-state index in [0.717, 1.165) is 33.3 Å². The minimum absolute atomic E-state index is 0.196. The SMILES string of the molecule is CC=CC(=O)Nc1ccc(-c2ccc(C(N)=O)c3[nH]c(C4=CCN(S(C)(=O)=O)CC4)cc23)c(C)c1. The highest BCUT2D eigenvalue weighted by molar-refractivity contribution is 7.88. The van der Waals surface area contributed by atoms with E-state index in [-0.39, 0.29) is 5.91 Å². The number of allylic oxidation sites excluding steroid dienone is 1. The lowest BCUT2D eigenvalue weighted by Gasteiger charge is -2.23. The number of rotatable bonds is 6. The molecule has 3 aromatic rings. The predicted octanol–water partition coefficient (Wildman–Crippen LogP) is 3.81. The second kappa shape index (κ2) is 9.52. The second-order valence-electron chi connectivity index (χ2n) is 8.62. The Hall–Kier alpha value is -3.69. The number of nitrogens with zero attached hydrogens (tertiary/aromatic N) is 1. The Morgan fingerprint density at radius 2 is 1.89 bits per heavy atom. The van der Waals surface area contributed by atoms with E-state index in [4.69, 9.17) is 5.73 Å². The van der Waals surface area contributed by atoms with Crippen LogP contribution >= 0.6 is 0 Å². The lowest BCUT2D eigenvalue weighted by atomic mass is 9.95. The molecule has 0 spiro atoms. The first-order valence-electron chi connectivity index (χ1n) is 11.2. The van der Waals surface area contributed by atoms with Gasteiger partial charge in [0.15, 0.2) is 0 Å². The molecule has 2 heterocycles. The van der Waals surface area contributed by atoms with Crippen LogP contribution in [0.25, 0.3) is 27.6 Å². The van der Waals surface area contributed by atoms with Crippen molar-refractivity contribution in [1.29, 1.82) is 0 Å². The van der Waals surface area contributed by atoms with E-state index in [1.54, 1.807) is 19.1 Å². The van der Waals surface area contributed by atoms with E-state index in [0.29, 0.717) is 36.3 Å². The van der Waals surface area contributed by atoms with Gasteiger partial charge in [-0.2, -0.15) is 4.31 Å². The van der Waals surface area contributed by atoms with Gasteiger partial charge in [0.05, 0.1) is 17.3 Å². The molecule has 2 aromatic carbocycles. The Morgan fingerprint density at radius 1 is 1.14 bits per heavy atom. The molecule has 8 nitrogen and oxygen atoms in total. The van der Waals surface area contributed by atoms with Crippen molar-refractivity contribution in [2.45, 2.75) is 20.3 Å². The molecule has 2 amide bonds. The number of aryl methyl sites for hydroxylation is 1. The van der Waals surface area contributed by atoms with Crippen LogP contribution in [0.15, 0.2) is 54.6 Å². The number of benzene rings is 2. The van der Waals surface area contributed by atoms with Crippen molar-refractivity contribution in [2.75, 3.05) is 24.7 Å². The monoisotopic (exact) mass is 492 g/mol. The van der Waals surface area contributed by atoms with Crippen molar-refractivity contribution in [2.24, 2.45) is 5.73 Å². The van der Waals surface area contributed by atoms with Crippen LogP contribution in [0.4, 0.5) is 5.69 Å². The Balaban J connectivity index is 1.77. The van der Waals surface area contributed by atoms with Gasteiger partial charge < -0.3 is 16.0 Å². The number of aromatic nitrogens is 1. The molecule has 1 aliphatic rings. The number of nitrogens with two attached hydrogens (primary N) is 1. The maximum atomic E-state index is 12.1. The number of anilines is 1. The number of carbonyl (C=O) groups is 2. The fourth-order valence-corrected chi connectivity index (χ4v) is 5.18. The third-order valence-electron chi connectivity index (χ3n) is 6.15. The number of hydrogen-bond donors (Lipinski definition) is 3. The Labute approximate surface area is 204 Å². The van der Waals surface area contributed by atoms with Crippen molar-refractivity contribution in [3.8, 4) is 11.1 Å². The molecule has 0 radical (unpaired) electrons. The van der Waals surface area contributed by atoms with Gasteiger partial charge in [0.2, 0.25) is 15.9 Å². The highest BCUT2D eigenvalue weighted by Crippen LogP contribution is 2.36. The van der Waals surface area contributed by atoms with E-state index in [2.05, 4.69) is 10.3 Å². The van der Waals surface area contributed by atoms with Gasteiger partial charge in [0.1, 0.15) is 0 Å². The van der Waals surface area contributed by atoms with E-state index in [1.807, 2.05) is 43.3 Å². The number of hydrogen-bond acceptors (Lipinski definition) is 4. The molecule has 4 rings (SSSR count). The van der Waals surface area contributed by atoms with E-state index >= 15 is 0 Å². The molecule has 0 aliphatic carbocycles. The van der Waals surface area contributed by atoms with Crippen LogP contribution in [0.1, 0.15) is 35.0 Å². The number of nitrogens with one attached hydrogen (secondary N) is 2. The number of aromatic amines is 1. The van der Waals surface area contributed by atoms with Gasteiger partial charge in [0.25, 0.3) is 5.91 Å². The third kappa shape index (κ3) is 5.06. The number of fused-ring (bicyclic) bond motifs is 1. The molecule has 0 saturated heterocycles.